The van der Waals surface area contributed by atoms with E-state index in [2.05, 4.69) is 4.74 Å². The van der Waals surface area contributed by atoms with E-state index in [-0.39, 0.29) is 19.1 Å². The molecule has 1 amide bonds. The minimum Gasteiger partial charge on any atom is -0.468 e. The fourth-order valence-corrected chi connectivity index (χ4v) is 1.84. The van der Waals surface area contributed by atoms with Crippen molar-refractivity contribution >= 4 is 17.8 Å². The number of hydrogen-bond acceptors (Lipinski definition) is 6. The van der Waals surface area contributed by atoms with E-state index in [9.17, 15) is 14.4 Å². The summed E-state index contributed by atoms with van der Waals surface area (Å²) in [5.74, 6) is -1.73. The zero-order valence-electron chi connectivity index (χ0n) is 13.3. The summed E-state index contributed by atoms with van der Waals surface area (Å²) >= 11 is 0. The molecule has 0 bridgehead atoms. The zero-order chi connectivity index (χ0) is 16.4. The van der Waals surface area contributed by atoms with Crippen LogP contribution in [0.5, 0.6) is 0 Å². The molecule has 0 aromatic rings. The van der Waals surface area contributed by atoms with Crippen molar-refractivity contribution in [1.82, 2.24) is 4.90 Å². The minimum atomic E-state index is -1.41. The number of amides is 1. The van der Waals surface area contributed by atoms with Gasteiger partial charge in [0.1, 0.15) is 6.54 Å². The zero-order valence-corrected chi connectivity index (χ0v) is 13.3. The molecule has 0 saturated carbocycles. The second-order valence-electron chi connectivity index (χ2n) is 4.71. The number of nitrogens with two attached hydrogens (primary N) is 1. The van der Waals surface area contributed by atoms with Gasteiger partial charge in [-0.15, -0.1) is 0 Å². The predicted molar refractivity (Wildman–Crippen MR) is 77.3 cm³/mol. The van der Waals surface area contributed by atoms with Crippen LogP contribution in [0.25, 0.3) is 0 Å². The normalized spacial score (nSPS) is 11.9. The van der Waals surface area contributed by atoms with Crippen molar-refractivity contribution in [2.45, 2.75) is 39.7 Å². The largest absolute Gasteiger partial charge is 0.468 e. The Morgan fingerprint density at radius 2 is 1.71 bits per heavy atom. The Hall–Kier alpha value is -1.63. The first-order valence-corrected chi connectivity index (χ1v) is 7.18. The summed E-state index contributed by atoms with van der Waals surface area (Å²) in [6, 6.07) is -1.41. The lowest BCUT2D eigenvalue weighted by atomic mass is 10.0. The SMILES string of the molecule is CCOC(=O)C(N)C(=O)N(CC(=O)OC)CC(CC)CC. The molecule has 1 atom stereocenters. The topological polar surface area (TPSA) is 98.9 Å². The van der Waals surface area contributed by atoms with Gasteiger partial charge in [-0.1, -0.05) is 26.7 Å². The minimum absolute atomic E-state index is 0.142. The van der Waals surface area contributed by atoms with Gasteiger partial charge < -0.3 is 20.1 Å². The third-order valence-corrected chi connectivity index (χ3v) is 3.30. The van der Waals surface area contributed by atoms with Gasteiger partial charge >= 0.3 is 11.9 Å². The van der Waals surface area contributed by atoms with Gasteiger partial charge in [0.05, 0.1) is 13.7 Å². The predicted octanol–water partition coefficient (Wildman–Crippen LogP) is 0.315. The molecule has 1 unspecified atom stereocenters. The molecule has 0 aromatic carbocycles. The van der Waals surface area contributed by atoms with E-state index < -0.39 is 23.9 Å². The highest BCUT2D eigenvalue weighted by molar-refractivity contribution is 6.02. The summed E-state index contributed by atoms with van der Waals surface area (Å²) in [7, 11) is 1.24. The van der Waals surface area contributed by atoms with E-state index in [0.717, 1.165) is 12.8 Å². The first kappa shape index (κ1) is 19.4. The van der Waals surface area contributed by atoms with E-state index >= 15 is 0 Å². The van der Waals surface area contributed by atoms with Gasteiger partial charge in [-0.25, -0.2) is 4.79 Å². The lowest BCUT2D eigenvalue weighted by Crippen LogP contribution is -2.51. The average Bonchev–Trinajstić information content (AvgIpc) is 2.49. The molecule has 0 fully saturated rings. The van der Waals surface area contributed by atoms with Crippen molar-refractivity contribution in [2.24, 2.45) is 11.7 Å². The maximum absolute atomic E-state index is 12.3. The lowest BCUT2D eigenvalue weighted by molar-refractivity contribution is -0.154. The lowest BCUT2D eigenvalue weighted by Gasteiger charge is -2.27. The summed E-state index contributed by atoms with van der Waals surface area (Å²) in [5, 5.41) is 0. The van der Waals surface area contributed by atoms with Crippen molar-refractivity contribution in [1.29, 1.82) is 0 Å². The number of rotatable bonds is 9. The van der Waals surface area contributed by atoms with Crippen LogP contribution < -0.4 is 5.73 Å². The van der Waals surface area contributed by atoms with Crippen molar-refractivity contribution in [3.05, 3.63) is 0 Å². The second-order valence-corrected chi connectivity index (χ2v) is 4.71. The molecule has 0 aliphatic carbocycles. The molecule has 7 heteroatoms. The fraction of sp³-hybridized carbons (Fsp3) is 0.786. The Bertz CT molecular complexity index is 355. The molecule has 21 heavy (non-hydrogen) atoms. The Morgan fingerprint density at radius 3 is 2.14 bits per heavy atom. The Morgan fingerprint density at radius 1 is 1.14 bits per heavy atom. The fourth-order valence-electron chi connectivity index (χ4n) is 1.84. The third-order valence-electron chi connectivity index (χ3n) is 3.30. The Labute approximate surface area is 125 Å². The second kappa shape index (κ2) is 10.1. The number of carbonyl (C=O) groups excluding carboxylic acids is 3. The molecule has 2 N–H and O–H groups in total. The molecule has 122 valence electrons. The number of nitrogens with zero attached hydrogens (tertiary/aromatic N) is 1. The van der Waals surface area contributed by atoms with E-state index in [0.29, 0.717) is 6.54 Å². The van der Waals surface area contributed by atoms with E-state index in [1.807, 2.05) is 13.8 Å². The quantitative estimate of drug-likeness (QED) is 0.486. The molecule has 0 aromatic heterocycles. The summed E-state index contributed by atoms with van der Waals surface area (Å²) in [4.78, 5) is 36.5. The summed E-state index contributed by atoms with van der Waals surface area (Å²) < 4.78 is 9.31. The molecule has 0 aliphatic rings. The molecule has 0 radical (unpaired) electrons. The van der Waals surface area contributed by atoms with Gasteiger partial charge in [0.25, 0.3) is 5.91 Å². The maximum atomic E-state index is 12.3. The van der Waals surface area contributed by atoms with Crippen LogP contribution in [0.15, 0.2) is 0 Å². The van der Waals surface area contributed by atoms with Crippen LogP contribution in [0.4, 0.5) is 0 Å². The van der Waals surface area contributed by atoms with Crippen molar-refractivity contribution in [3.8, 4) is 0 Å². The maximum Gasteiger partial charge on any atom is 0.332 e. The monoisotopic (exact) mass is 302 g/mol. The van der Waals surface area contributed by atoms with Gasteiger partial charge in [0.2, 0.25) is 0 Å². The Balaban J connectivity index is 4.95. The van der Waals surface area contributed by atoms with Crippen LogP contribution in [0.2, 0.25) is 0 Å². The van der Waals surface area contributed by atoms with Gasteiger partial charge in [-0.3, -0.25) is 9.59 Å². The van der Waals surface area contributed by atoms with Gasteiger partial charge in [0, 0.05) is 6.54 Å². The number of carbonyl (C=O) groups is 3. The van der Waals surface area contributed by atoms with Crippen molar-refractivity contribution in [2.75, 3.05) is 26.8 Å². The third kappa shape index (κ3) is 6.57. The van der Waals surface area contributed by atoms with Gasteiger partial charge in [-0.05, 0) is 12.8 Å². The number of methoxy groups -OCH3 is 1. The summed E-state index contributed by atoms with van der Waals surface area (Å²) in [6.07, 6.45) is 1.71. The molecule has 0 saturated heterocycles. The van der Waals surface area contributed by atoms with E-state index in [4.69, 9.17) is 10.5 Å². The highest BCUT2D eigenvalue weighted by Gasteiger charge is 2.30. The number of esters is 2. The first-order valence-electron chi connectivity index (χ1n) is 7.18. The van der Waals surface area contributed by atoms with Crippen LogP contribution in [0.1, 0.15) is 33.6 Å². The van der Waals surface area contributed by atoms with Crippen LogP contribution in [0, 0.1) is 5.92 Å². The number of ether oxygens (including phenoxy) is 2. The summed E-state index contributed by atoms with van der Waals surface area (Å²) in [6.45, 7) is 5.91. The highest BCUT2D eigenvalue weighted by atomic mass is 16.5. The molecule has 7 nitrogen and oxygen atoms in total. The molecule has 0 rings (SSSR count). The van der Waals surface area contributed by atoms with Crippen molar-refractivity contribution in [3.63, 3.8) is 0 Å². The average molecular weight is 302 g/mol. The van der Waals surface area contributed by atoms with E-state index in [1.165, 1.54) is 12.0 Å². The van der Waals surface area contributed by atoms with Crippen LogP contribution in [-0.4, -0.2) is 55.6 Å². The van der Waals surface area contributed by atoms with E-state index in [1.54, 1.807) is 6.92 Å². The van der Waals surface area contributed by atoms with Crippen LogP contribution in [-0.2, 0) is 23.9 Å². The van der Waals surface area contributed by atoms with Gasteiger partial charge in [0.15, 0.2) is 6.04 Å². The van der Waals surface area contributed by atoms with Crippen LogP contribution >= 0.6 is 0 Å². The number of hydrogen-bond donors (Lipinski definition) is 1. The molecular weight excluding hydrogens is 276 g/mol. The van der Waals surface area contributed by atoms with Crippen molar-refractivity contribution < 1.29 is 23.9 Å². The summed E-state index contributed by atoms with van der Waals surface area (Å²) in [5.41, 5.74) is 5.61. The molecular formula is C14H26N2O5. The molecule has 0 heterocycles. The van der Waals surface area contributed by atoms with Crippen LogP contribution in [0.3, 0.4) is 0 Å². The highest BCUT2D eigenvalue weighted by Crippen LogP contribution is 2.11. The molecule has 0 aliphatic heterocycles. The van der Waals surface area contributed by atoms with Gasteiger partial charge in [-0.2, -0.15) is 0 Å². The smallest absolute Gasteiger partial charge is 0.332 e. The standard InChI is InChI=1S/C14H26N2O5/c1-5-10(6-2)8-16(9-11(17)20-4)13(18)12(15)14(19)21-7-3/h10,12H,5-9,15H2,1-4H3. The Kier molecular flexibility index (Phi) is 9.36. The first-order chi connectivity index (χ1) is 9.90. The molecule has 0 spiro atoms.